The molecule has 1 aromatic carbocycles. The number of carbonyl (C=O) groups is 2. The van der Waals surface area contributed by atoms with Crippen LogP contribution in [0.3, 0.4) is 0 Å². The highest BCUT2D eigenvalue weighted by molar-refractivity contribution is 5.88. The van der Waals surface area contributed by atoms with Gasteiger partial charge in [0.05, 0.1) is 18.0 Å². The van der Waals surface area contributed by atoms with Gasteiger partial charge in [-0.1, -0.05) is 6.07 Å². The molecule has 2 heterocycles. The van der Waals surface area contributed by atoms with Crippen LogP contribution in [0, 0.1) is 0 Å². The number of carbonyl (C=O) groups excluding carboxylic acids is 2. The highest BCUT2D eigenvalue weighted by Crippen LogP contribution is 2.32. The van der Waals surface area contributed by atoms with E-state index in [9.17, 15) is 22.8 Å². The zero-order chi connectivity index (χ0) is 20.3. The third-order valence-corrected chi connectivity index (χ3v) is 5.23. The highest BCUT2D eigenvalue weighted by Gasteiger charge is 2.33. The summed E-state index contributed by atoms with van der Waals surface area (Å²) in [7, 11) is 1.83. The molecule has 2 fully saturated rings. The fraction of sp³-hybridized carbons (Fsp3) is 0.579. The van der Waals surface area contributed by atoms with E-state index in [2.05, 4.69) is 5.32 Å². The molecule has 0 spiro atoms. The Balaban J connectivity index is 1.50. The van der Waals surface area contributed by atoms with Crippen molar-refractivity contribution in [3.63, 3.8) is 0 Å². The zero-order valence-corrected chi connectivity index (χ0v) is 15.7. The first kappa shape index (κ1) is 20.4. The maximum Gasteiger partial charge on any atom is 0.416 e. The van der Waals surface area contributed by atoms with Gasteiger partial charge in [-0.15, -0.1) is 0 Å². The van der Waals surface area contributed by atoms with Crippen LogP contribution < -0.4 is 10.1 Å². The van der Waals surface area contributed by atoms with Crippen LogP contribution in [-0.4, -0.2) is 67.0 Å². The minimum absolute atomic E-state index is 0.0913. The van der Waals surface area contributed by atoms with E-state index < -0.39 is 17.8 Å². The molecule has 3 rings (SSSR count). The number of rotatable bonds is 4. The monoisotopic (exact) mass is 399 g/mol. The lowest BCUT2D eigenvalue weighted by molar-refractivity contribution is -0.139. The fourth-order valence-corrected chi connectivity index (χ4v) is 3.53. The Morgan fingerprint density at radius 1 is 1.25 bits per heavy atom. The molecule has 0 bridgehead atoms. The van der Waals surface area contributed by atoms with E-state index in [0.29, 0.717) is 39.0 Å². The molecule has 0 aliphatic carbocycles. The maximum absolute atomic E-state index is 12.8. The second-order valence-corrected chi connectivity index (χ2v) is 7.22. The van der Waals surface area contributed by atoms with Crippen LogP contribution in [0.4, 0.5) is 13.2 Å². The van der Waals surface area contributed by atoms with Gasteiger partial charge in [0.2, 0.25) is 11.8 Å². The molecular weight excluding hydrogens is 375 g/mol. The molecule has 2 aliphatic rings. The standard InChI is InChI=1S/C19H24F3N3O3/c1-24-10-7-23-18(27)16(24)12-17(26)25-8-5-14(6-9-25)28-15-4-2-3-13(11-15)19(20,21)22/h2-4,11,14,16H,5-10,12H2,1H3,(H,23,27)/t16-/m1/s1. The van der Waals surface area contributed by atoms with E-state index in [1.165, 1.54) is 12.1 Å². The molecule has 154 valence electrons. The number of piperazine rings is 1. The lowest BCUT2D eigenvalue weighted by atomic mass is 10.0. The highest BCUT2D eigenvalue weighted by atomic mass is 19.4. The average Bonchev–Trinajstić information content (AvgIpc) is 2.65. The molecular formula is C19H24F3N3O3. The van der Waals surface area contributed by atoms with Gasteiger partial charge in [-0.2, -0.15) is 13.2 Å². The number of nitrogens with one attached hydrogen (secondary N) is 1. The molecule has 0 aromatic heterocycles. The van der Waals surface area contributed by atoms with Crippen LogP contribution >= 0.6 is 0 Å². The van der Waals surface area contributed by atoms with Gasteiger partial charge in [0.1, 0.15) is 11.9 Å². The van der Waals surface area contributed by atoms with Crippen molar-refractivity contribution in [2.45, 2.75) is 37.6 Å². The predicted molar refractivity (Wildman–Crippen MR) is 95.7 cm³/mol. The van der Waals surface area contributed by atoms with Gasteiger partial charge in [0.15, 0.2) is 0 Å². The van der Waals surface area contributed by atoms with Crippen LogP contribution in [0.5, 0.6) is 5.75 Å². The number of alkyl halides is 3. The number of hydrogen-bond acceptors (Lipinski definition) is 4. The molecule has 0 radical (unpaired) electrons. The summed E-state index contributed by atoms with van der Waals surface area (Å²) in [6, 6.07) is 4.37. The Hall–Kier alpha value is -2.29. The van der Waals surface area contributed by atoms with E-state index in [-0.39, 0.29) is 30.1 Å². The summed E-state index contributed by atoms with van der Waals surface area (Å²) in [4.78, 5) is 28.1. The van der Waals surface area contributed by atoms with E-state index >= 15 is 0 Å². The summed E-state index contributed by atoms with van der Waals surface area (Å²) >= 11 is 0. The third-order valence-electron chi connectivity index (χ3n) is 5.23. The summed E-state index contributed by atoms with van der Waals surface area (Å²) in [6.07, 6.45) is -3.45. The summed E-state index contributed by atoms with van der Waals surface area (Å²) in [5.74, 6) is -0.0450. The number of ether oxygens (including phenoxy) is 1. The van der Waals surface area contributed by atoms with E-state index in [1.54, 1.807) is 4.90 Å². The number of amides is 2. The molecule has 0 unspecified atom stereocenters. The summed E-state index contributed by atoms with van der Waals surface area (Å²) in [5, 5.41) is 2.77. The molecule has 9 heteroatoms. The number of halogens is 3. The van der Waals surface area contributed by atoms with Gasteiger partial charge >= 0.3 is 6.18 Å². The van der Waals surface area contributed by atoms with Crippen molar-refractivity contribution >= 4 is 11.8 Å². The Labute approximate surface area is 161 Å². The first-order valence-electron chi connectivity index (χ1n) is 9.33. The smallest absolute Gasteiger partial charge is 0.416 e. The molecule has 2 saturated heterocycles. The molecule has 1 atom stereocenters. The molecule has 1 aromatic rings. The largest absolute Gasteiger partial charge is 0.490 e. The van der Waals surface area contributed by atoms with Crippen molar-refractivity contribution in [3.05, 3.63) is 29.8 Å². The minimum atomic E-state index is -4.41. The van der Waals surface area contributed by atoms with Gasteiger partial charge in [-0.25, -0.2) is 0 Å². The predicted octanol–water partition coefficient (Wildman–Crippen LogP) is 1.90. The van der Waals surface area contributed by atoms with Crippen LogP contribution in [0.25, 0.3) is 0 Å². The molecule has 1 N–H and O–H groups in total. The molecule has 2 aliphatic heterocycles. The fourth-order valence-electron chi connectivity index (χ4n) is 3.53. The number of hydrogen-bond donors (Lipinski definition) is 1. The summed E-state index contributed by atoms with van der Waals surface area (Å²) in [5.41, 5.74) is -0.743. The molecule has 28 heavy (non-hydrogen) atoms. The van der Waals surface area contributed by atoms with Gasteiger partial charge in [0, 0.05) is 39.0 Å². The lowest BCUT2D eigenvalue weighted by Gasteiger charge is -2.35. The van der Waals surface area contributed by atoms with Crippen LogP contribution in [-0.2, 0) is 15.8 Å². The van der Waals surface area contributed by atoms with Gasteiger partial charge < -0.3 is 15.0 Å². The Morgan fingerprint density at radius 3 is 2.61 bits per heavy atom. The second-order valence-electron chi connectivity index (χ2n) is 7.22. The van der Waals surface area contributed by atoms with Gasteiger partial charge in [0.25, 0.3) is 0 Å². The first-order valence-corrected chi connectivity index (χ1v) is 9.33. The number of likely N-dealkylation sites (N-methyl/N-ethyl adjacent to an activating group) is 1. The van der Waals surface area contributed by atoms with Crippen LogP contribution in [0.15, 0.2) is 24.3 Å². The van der Waals surface area contributed by atoms with Crippen molar-refractivity contribution in [1.29, 1.82) is 0 Å². The number of nitrogens with zero attached hydrogens (tertiary/aromatic N) is 2. The number of piperidine rings is 1. The maximum atomic E-state index is 12.8. The molecule has 0 saturated carbocycles. The lowest BCUT2D eigenvalue weighted by Crippen LogP contribution is -2.55. The summed E-state index contributed by atoms with van der Waals surface area (Å²) in [6.45, 7) is 2.20. The minimum Gasteiger partial charge on any atom is -0.490 e. The van der Waals surface area contributed by atoms with Crippen LogP contribution in [0.2, 0.25) is 0 Å². The van der Waals surface area contributed by atoms with Crippen molar-refractivity contribution in [2.75, 3.05) is 33.2 Å². The first-order chi connectivity index (χ1) is 13.2. The van der Waals surface area contributed by atoms with Crippen molar-refractivity contribution in [3.8, 4) is 5.75 Å². The second kappa shape index (κ2) is 8.38. The Kier molecular flexibility index (Phi) is 6.12. The van der Waals surface area contributed by atoms with Crippen molar-refractivity contribution in [1.82, 2.24) is 15.1 Å². The Morgan fingerprint density at radius 2 is 1.96 bits per heavy atom. The Bertz CT molecular complexity index is 718. The van der Waals surface area contributed by atoms with E-state index in [4.69, 9.17) is 4.74 Å². The van der Waals surface area contributed by atoms with Gasteiger partial charge in [-0.05, 0) is 25.2 Å². The topological polar surface area (TPSA) is 61.9 Å². The van der Waals surface area contributed by atoms with E-state index in [0.717, 1.165) is 12.1 Å². The third kappa shape index (κ3) is 4.95. The SMILES string of the molecule is CN1CCNC(=O)[C@H]1CC(=O)N1CCC(Oc2cccc(C(F)(F)F)c2)CC1. The van der Waals surface area contributed by atoms with E-state index in [1.807, 2.05) is 11.9 Å². The van der Waals surface area contributed by atoms with Crippen molar-refractivity contribution in [2.24, 2.45) is 0 Å². The summed E-state index contributed by atoms with van der Waals surface area (Å²) < 4.78 is 44.1. The van der Waals surface area contributed by atoms with Crippen LogP contribution in [0.1, 0.15) is 24.8 Å². The number of benzene rings is 1. The zero-order valence-electron chi connectivity index (χ0n) is 15.7. The average molecular weight is 399 g/mol. The molecule has 2 amide bonds. The molecule has 6 nitrogen and oxygen atoms in total. The van der Waals surface area contributed by atoms with Gasteiger partial charge in [-0.3, -0.25) is 14.5 Å². The van der Waals surface area contributed by atoms with Crippen molar-refractivity contribution < 1.29 is 27.5 Å². The normalized spacial score (nSPS) is 22.1. The number of likely N-dealkylation sites (tertiary alicyclic amines) is 1. The quantitative estimate of drug-likeness (QED) is 0.840.